The van der Waals surface area contributed by atoms with Gasteiger partial charge in [-0.1, -0.05) is 112 Å². The summed E-state index contributed by atoms with van der Waals surface area (Å²) in [6.45, 7) is 20.0. The van der Waals surface area contributed by atoms with Crippen LogP contribution in [-0.4, -0.2) is 158 Å². The second kappa shape index (κ2) is 25.0. The van der Waals surface area contributed by atoms with Gasteiger partial charge in [-0.25, -0.2) is 9.48 Å². The minimum absolute atomic E-state index is 0.101. The van der Waals surface area contributed by atoms with Crippen LogP contribution in [0.15, 0.2) is 18.3 Å². The summed E-state index contributed by atoms with van der Waals surface area (Å²) in [7, 11) is 0. The van der Waals surface area contributed by atoms with Crippen molar-refractivity contribution in [3.05, 3.63) is 40.7 Å². The van der Waals surface area contributed by atoms with Crippen molar-refractivity contribution in [1.29, 1.82) is 0 Å². The molecule has 1 aromatic carbocycles. The molecule has 0 radical (unpaired) electrons. The summed E-state index contributed by atoms with van der Waals surface area (Å²) >= 11 is 0. The van der Waals surface area contributed by atoms with E-state index >= 15 is 0 Å². The molecule has 2 fully saturated rings. The monoisotopic (exact) mass is 926 g/mol. The van der Waals surface area contributed by atoms with Crippen molar-refractivity contribution in [1.82, 2.24) is 15.0 Å². The summed E-state index contributed by atoms with van der Waals surface area (Å²) in [6.07, 6.45) is -6.42. The van der Waals surface area contributed by atoms with Gasteiger partial charge in [-0.3, -0.25) is 0 Å². The number of esters is 1. The van der Waals surface area contributed by atoms with Gasteiger partial charge < -0.3 is 68.9 Å². The van der Waals surface area contributed by atoms with Crippen LogP contribution in [0.5, 0.6) is 5.75 Å². The van der Waals surface area contributed by atoms with Gasteiger partial charge in [0.05, 0.1) is 39.2 Å². The van der Waals surface area contributed by atoms with E-state index in [0.29, 0.717) is 44.3 Å². The molecule has 0 aliphatic carbocycles. The lowest BCUT2D eigenvalue weighted by atomic mass is 9.79. The van der Waals surface area contributed by atoms with Crippen LogP contribution in [0.1, 0.15) is 141 Å². The number of ether oxygens (including phenoxy) is 7. The fourth-order valence-electron chi connectivity index (χ4n) is 7.61. The molecule has 65 heavy (non-hydrogen) atoms. The summed E-state index contributed by atoms with van der Waals surface area (Å²) < 4.78 is 42.4. The maximum atomic E-state index is 13.4. The molecule has 2 aliphatic heterocycles. The molecule has 0 amide bonds. The zero-order valence-electron chi connectivity index (χ0n) is 40.1. The minimum Gasteiger partial charge on any atom is -0.507 e. The van der Waals surface area contributed by atoms with Crippen LogP contribution < -0.4 is 0 Å². The first-order valence-electron chi connectivity index (χ1n) is 23.3. The maximum Gasteiger partial charge on any atom is 0.342 e. The molecule has 4 rings (SSSR count). The third kappa shape index (κ3) is 15.9. The summed E-state index contributed by atoms with van der Waals surface area (Å²) in [5.74, 6) is -1.18. The Balaban J connectivity index is 1.36. The Bertz CT molecular complexity index is 1710. The predicted molar refractivity (Wildman–Crippen MR) is 238 cm³/mol. The molecule has 2 saturated heterocycles. The van der Waals surface area contributed by atoms with Crippen molar-refractivity contribution in [2.75, 3.05) is 39.6 Å². The number of aliphatic hydroxyl groups excluding tert-OH is 6. The first kappa shape index (κ1) is 54.8. The molecule has 10 atom stereocenters. The van der Waals surface area contributed by atoms with Gasteiger partial charge >= 0.3 is 5.97 Å². The average molecular weight is 926 g/mol. The summed E-state index contributed by atoms with van der Waals surface area (Å²) in [4.78, 5) is 13.4. The van der Waals surface area contributed by atoms with E-state index in [2.05, 4.69) is 31.1 Å². The number of benzene rings is 1. The van der Waals surface area contributed by atoms with Crippen LogP contribution in [0.2, 0.25) is 0 Å². The number of unbranched alkanes of at least 4 members (excludes halogenated alkanes) is 6. The molecular formula is C47H79N3O15. The van der Waals surface area contributed by atoms with E-state index in [1.54, 1.807) is 12.3 Å². The second-order valence-corrected chi connectivity index (χ2v) is 20.1. The number of hydrogen-bond donors (Lipinski definition) is 7. The first-order chi connectivity index (χ1) is 30.6. The standard InChI is InChI=1S/C47H79N3O15/c1-10-12-14-16-18-59-26-47(9,27-60-19-17-15-13-11-2)28-61-24-30-22-50(49-48-30)23-33-36(52)38(54)40(56)43(63-33)65-44-41(57)39(55)37(53)34(64-44)25-62-42(58)31-20-29(45(3,4)5)21-32(35(31)51)46(6,7)8/h20-22,33-34,36-41,43-44,51-57H,10-19,23-28H2,1-9H3/t33-,34?,36-,37-,38?,39?,40?,41?,43-,44+/m1/s1. The van der Waals surface area contributed by atoms with Crippen LogP contribution in [-0.2, 0) is 57.1 Å². The first-order valence-corrected chi connectivity index (χ1v) is 23.3. The quantitative estimate of drug-likeness (QED) is 0.0553. The summed E-state index contributed by atoms with van der Waals surface area (Å²) in [5, 5.41) is 84.5. The summed E-state index contributed by atoms with van der Waals surface area (Å²) in [5.41, 5.74) is 0.390. The number of aliphatic hydroxyl groups is 6. The Morgan fingerprint density at radius 2 is 1.23 bits per heavy atom. The van der Waals surface area contributed by atoms with E-state index < -0.39 is 84.8 Å². The number of aromatic hydroxyl groups is 1. The highest BCUT2D eigenvalue weighted by atomic mass is 16.8. The van der Waals surface area contributed by atoms with Crippen molar-refractivity contribution in [3.8, 4) is 5.75 Å². The third-order valence-corrected chi connectivity index (χ3v) is 11.8. The van der Waals surface area contributed by atoms with Gasteiger partial charge in [0.1, 0.15) is 72.4 Å². The molecule has 7 N–H and O–H groups in total. The van der Waals surface area contributed by atoms with Gasteiger partial charge in [0.15, 0.2) is 12.6 Å². The Hall–Kier alpha value is -2.85. The highest BCUT2D eigenvalue weighted by molar-refractivity contribution is 5.93. The largest absolute Gasteiger partial charge is 0.507 e. The molecular weight excluding hydrogens is 847 g/mol. The Morgan fingerprint density at radius 1 is 0.692 bits per heavy atom. The van der Waals surface area contributed by atoms with E-state index in [-0.39, 0.29) is 29.9 Å². The van der Waals surface area contributed by atoms with Crippen LogP contribution in [0.25, 0.3) is 0 Å². The van der Waals surface area contributed by atoms with Crippen molar-refractivity contribution >= 4 is 5.97 Å². The van der Waals surface area contributed by atoms with Gasteiger partial charge in [-0.2, -0.15) is 0 Å². The van der Waals surface area contributed by atoms with Crippen molar-refractivity contribution in [2.45, 2.75) is 199 Å². The van der Waals surface area contributed by atoms with Gasteiger partial charge in [0.25, 0.3) is 0 Å². The fraction of sp³-hybridized carbons (Fsp3) is 0.809. The Kier molecular flexibility index (Phi) is 21.0. The van der Waals surface area contributed by atoms with Crippen molar-refractivity contribution in [3.63, 3.8) is 0 Å². The van der Waals surface area contributed by atoms with E-state index in [4.69, 9.17) is 33.2 Å². The lowest BCUT2D eigenvalue weighted by Gasteiger charge is -2.44. The van der Waals surface area contributed by atoms with E-state index in [1.165, 1.54) is 17.5 Å². The minimum atomic E-state index is -1.88. The van der Waals surface area contributed by atoms with Gasteiger partial charge in [0, 0.05) is 24.2 Å². The number of phenolic OH excluding ortho intramolecular Hbond substituents is 1. The lowest BCUT2D eigenvalue weighted by Crippen LogP contribution is -2.63. The number of nitrogens with zero attached hydrogens (tertiary/aromatic N) is 3. The number of aromatic nitrogens is 3. The van der Waals surface area contributed by atoms with E-state index in [0.717, 1.165) is 44.1 Å². The molecule has 372 valence electrons. The zero-order valence-corrected chi connectivity index (χ0v) is 40.1. The number of carbonyl (C=O) groups is 1. The second-order valence-electron chi connectivity index (χ2n) is 20.1. The van der Waals surface area contributed by atoms with Crippen LogP contribution in [0.3, 0.4) is 0 Å². The van der Waals surface area contributed by atoms with Crippen molar-refractivity contribution in [2.24, 2.45) is 5.41 Å². The van der Waals surface area contributed by atoms with Crippen LogP contribution in [0, 0.1) is 5.41 Å². The Labute approximate surface area is 384 Å². The molecule has 0 bridgehead atoms. The van der Waals surface area contributed by atoms with Gasteiger partial charge in [-0.15, -0.1) is 5.10 Å². The number of hydrogen-bond acceptors (Lipinski definition) is 17. The van der Waals surface area contributed by atoms with E-state index in [9.17, 15) is 40.5 Å². The average Bonchev–Trinajstić information content (AvgIpc) is 3.69. The molecule has 0 spiro atoms. The summed E-state index contributed by atoms with van der Waals surface area (Å²) in [6, 6.07) is 3.39. The highest BCUT2D eigenvalue weighted by Gasteiger charge is 2.50. The number of carbonyl (C=O) groups excluding carboxylic acids is 1. The van der Waals surface area contributed by atoms with Crippen LogP contribution >= 0.6 is 0 Å². The fourth-order valence-corrected chi connectivity index (χ4v) is 7.61. The number of phenols is 1. The molecule has 0 saturated carbocycles. The predicted octanol–water partition coefficient (Wildman–Crippen LogP) is 3.78. The van der Waals surface area contributed by atoms with Gasteiger partial charge in [0.2, 0.25) is 0 Å². The molecule has 2 aliphatic rings. The van der Waals surface area contributed by atoms with Gasteiger partial charge in [-0.05, 0) is 35.3 Å². The Morgan fingerprint density at radius 3 is 1.77 bits per heavy atom. The topological polar surface area (TPSA) is 254 Å². The molecule has 1 aromatic heterocycles. The zero-order chi connectivity index (χ0) is 48.1. The van der Waals surface area contributed by atoms with Crippen LogP contribution in [0.4, 0.5) is 0 Å². The van der Waals surface area contributed by atoms with E-state index in [1.807, 2.05) is 47.6 Å². The maximum absolute atomic E-state index is 13.4. The molecule has 3 heterocycles. The van der Waals surface area contributed by atoms with Crippen molar-refractivity contribution < 1.29 is 73.7 Å². The molecule has 18 nitrogen and oxygen atoms in total. The SMILES string of the molecule is CCCCCCOCC(C)(COCCCCCC)COCc1cn(C[C@H]2O[C@H](O[C@@H]3OC(COC(=O)c4cc(C(C)(C)C)cc(C(C)(C)C)c4O)[C@@H](O)C(O)C3O)C(O)C(O)[C@@H]2O)nn1. The molecule has 2 aromatic rings. The third-order valence-electron chi connectivity index (χ3n) is 11.8. The normalized spacial score (nSPS) is 26.7. The molecule has 18 heteroatoms. The number of rotatable bonds is 25. The smallest absolute Gasteiger partial charge is 0.342 e. The lowest BCUT2D eigenvalue weighted by molar-refractivity contribution is -0.375. The highest BCUT2D eigenvalue weighted by Crippen LogP contribution is 2.38. The molecule has 5 unspecified atom stereocenters.